The summed E-state index contributed by atoms with van der Waals surface area (Å²) in [5, 5.41) is 5.41. The number of carbonyl (C=O) groups is 1. The first kappa shape index (κ1) is 23.1. The Morgan fingerprint density at radius 1 is 1.15 bits per heavy atom. The van der Waals surface area contributed by atoms with E-state index in [4.69, 9.17) is 32.8 Å². The van der Waals surface area contributed by atoms with Crippen molar-refractivity contribution < 1.29 is 31.9 Å². The number of alkyl halides is 3. The number of halogens is 6. The molecule has 0 spiro atoms. The molecule has 34 heavy (non-hydrogen) atoms. The van der Waals surface area contributed by atoms with E-state index in [1.54, 1.807) is 11.0 Å². The van der Waals surface area contributed by atoms with Crippen LogP contribution in [0.15, 0.2) is 29.6 Å². The third-order valence-electron chi connectivity index (χ3n) is 6.00. The lowest BCUT2D eigenvalue weighted by Crippen LogP contribution is -2.48. The minimum atomic E-state index is -4.90. The number of carbonyl (C=O) groups excluding carboxylic acids is 1. The van der Waals surface area contributed by atoms with Gasteiger partial charge in [0.25, 0.3) is 11.5 Å². The molecular formula is C21H16Cl2F4N4O3. The summed E-state index contributed by atoms with van der Waals surface area (Å²) >= 11 is 11.5. The fraction of sp³-hybridized carbons (Fsp3) is 0.381. The molecule has 1 fully saturated rings. The molecule has 0 aliphatic carbocycles. The van der Waals surface area contributed by atoms with E-state index >= 15 is 0 Å². The zero-order valence-electron chi connectivity index (χ0n) is 17.3. The summed E-state index contributed by atoms with van der Waals surface area (Å²) in [6.07, 6.45) is -4.03. The van der Waals surface area contributed by atoms with E-state index in [1.165, 1.54) is 6.20 Å². The first-order chi connectivity index (χ1) is 16.1. The Kier molecular flexibility index (Phi) is 5.61. The van der Waals surface area contributed by atoms with Crippen molar-refractivity contribution in [2.75, 3.05) is 13.2 Å². The van der Waals surface area contributed by atoms with Crippen LogP contribution >= 0.6 is 23.2 Å². The predicted octanol–water partition coefficient (Wildman–Crippen LogP) is 4.16. The maximum absolute atomic E-state index is 14.2. The Hall–Kier alpha value is -2.63. The summed E-state index contributed by atoms with van der Waals surface area (Å²) in [5.41, 5.74) is -1.62. The van der Waals surface area contributed by atoms with E-state index in [0.717, 1.165) is 23.3 Å². The third-order valence-corrected chi connectivity index (χ3v) is 6.55. The average Bonchev–Trinajstić information content (AvgIpc) is 3.38. The molecule has 1 atom stereocenters. The monoisotopic (exact) mass is 518 g/mol. The molecule has 1 aromatic carbocycles. The predicted molar refractivity (Wildman–Crippen MR) is 113 cm³/mol. The van der Waals surface area contributed by atoms with Crippen LogP contribution in [-0.4, -0.2) is 47.1 Å². The first-order valence-corrected chi connectivity index (χ1v) is 10.9. The fourth-order valence-electron chi connectivity index (χ4n) is 4.01. The number of hydrogen-bond donors (Lipinski definition) is 1. The van der Waals surface area contributed by atoms with Gasteiger partial charge in [0, 0.05) is 24.8 Å². The smallest absolute Gasteiger partial charge is 0.377 e. The number of rotatable bonds is 3. The summed E-state index contributed by atoms with van der Waals surface area (Å²) in [5.74, 6) is -1.32. The number of hydrogen-bond acceptors (Lipinski definition) is 6. The SMILES string of the molecule is O=C(NC1COC1)c1cc2c(cn1)CN(C1=NOC(c3cc(Cl)c(F)c(Cl)c3)(C(F)(F)F)C1)C2. The summed E-state index contributed by atoms with van der Waals surface area (Å²) in [7, 11) is 0. The van der Waals surface area contributed by atoms with Crippen LogP contribution in [0.1, 0.15) is 33.6 Å². The summed E-state index contributed by atoms with van der Waals surface area (Å²) in [6, 6.07) is 3.23. The van der Waals surface area contributed by atoms with Crippen LogP contribution in [0.2, 0.25) is 10.0 Å². The lowest BCUT2D eigenvalue weighted by molar-refractivity contribution is -0.275. The molecule has 1 unspecified atom stereocenters. The van der Waals surface area contributed by atoms with Crippen molar-refractivity contribution in [3.05, 3.63) is 62.6 Å². The Balaban J connectivity index is 1.36. The van der Waals surface area contributed by atoms with E-state index < -0.39 is 39.6 Å². The topological polar surface area (TPSA) is 76.0 Å². The van der Waals surface area contributed by atoms with E-state index in [0.29, 0.717) is 13.2 Å². The first-order valence-electron chi connectivity index (χ1n) is 10.2. The van der Waals surface area contributed by atoms with Gasteiger partial charge in [-0.05, 0) is 29.3 Å². The van der Waals surface area contributed by atoms with Gasteiger partial charge < -0.3 is 19.8 Å². The third kappa shape index (κ3) is 3.85. The summed E-state index contributed by atoms with van der Waals surface area (Å²) in [4.78, 5) is 23.1. The second-order valence-electron chi connectivity index (χ2n) is 8.26. The van der Waals surface area contributed by atoms with Crippen molar-refractivity contribution in [1.29, 1.82) is 0 Å². The molecule has 1 amide bonds. The fourth-order valence-corrected chi connectivity index (χ4v) is 4.50. The molecule has 0 bridgehead atoms. The number of aromatic nitrogens is 1. The number of oxime groups is 1. The Labute approximate surface area is 200 Å². The van der Waals surface area contributed by atoms with Crippen molar-refractivity contribution in [2.45, 2.75) is 37.3 Å². The summed E-state index contributed by atoms with van der Waals surface area (Å²) < 4.78 is 61.5. The number of amidine groups is 1. The molecule has 1 aromatic heterocycles. The lowest BCUT2D eigenvalue weighted by atomic mass is 9.89. The van der Waals surface area contributed by atoms with E-state index in [-0.39, 0.29) is 36.6 Å². The largest absolute Gasteiger partial charge is 0.435 e. The van der Waals surface area contributed by atoms with Crippen LogP contribution in [-0.2, 0) is 28.3 Å². The van der Waals surface area contributed by atoms with Gasteiger partial charge in [0.05, 0.1) is 35.7 Å². The van der Waals surface area contributed by atoms with Gasteiger partial charge in [-0.15, -0.1) is 0 Å². The highest BCUT2D eigenvalue weighted by Gasteiger charge is 2.63. The van der Waals surface area contributed by atoms with Crippen LogP contribution in [0, 0.1) is 5.82 Å². The molecule has 3 aliphatic heterocycles. The zero-order chi connectivity index (χ0) is 24.3. The standard InChI is InChI=1S/C21H16Cl2F4N4O3/c22-14-2-12(3-15(23)18(14)24)20(21(25,26)27)4-17(30-34-20)31-6-10-1-16(28-5-11(10)7-31)19(32)29-13-8-33-9-13/h1-3,5,13H,4,6-9H2,(H,29,32). The molecule has 2 aromatic rings. The van der Waals surface area contributed by atoms with Gasteiger partial charge in [0.1, 0.15) is 11.5 Å². The quantitative estimate of drug-likeness (QED) is 0.487. The molecule has 13 heteroatoms. The van der Waals surface area contributed by atoms with Gasteiger partial charge >= 0.3 is 6.18 Å². The van der Waals surface area contributed by atoms with E-state index in [9.17, 15) is 22.4 Å². The van der Waals surface area contributed by atoms with Crippen molar-refractivity contribution >= 4 is 34.9 Å². The molecule has 180 valence electrons. The molecule has 5 rings (SSSR count). The zero-order valence-corrected chi connectivity index (χ0v) is 18.8. The number of fused-ring (bicyclic) bond motifs is 1. The van der Waals surface area contributed by atoms with Gasteiger partial charge in [-0.2, -0.15) is 13.2 Å². The van der Waals surface area contributed by atoms with Crippen molar-refractivity contribution in [3.8, 4) is 0 Å². The van der Waals surface area contributed by atoms with Gasteiger partial charge in [-0.25, -0.2) is 4.39 Å². The van der Waals surface area contributed by atoms with E-state index in [1.807, 2.05) is 0 Å². The van der Waals surface area contributed by atoms with Crippen molar-refractivity contribution in [2.24, 2.45) is 5.16 Å². The van der Waals surface area contributed by atoms with Gasteiger partial charge in [-0.1, -0.05) is 28.4 Å². The van der Waals surface area contributed by atoms with Crippen LogP contribution in [0.3, 0.4) is 0 Å². The van der Waals surface area contributed by atoms with Gasteiger partial charge in [-0.3, -0.25) is 9.78 Å². The number of amides is 1. The lowest BCUT2D eigenvalue weighted by Gasteiger charge is -2.30. The second-order valence-corrected chi connectivity index (χ2v) is 9.07. The van der Waals surface area contributed by atoms with Crippen LogP contribution in [0.5, 0.6) is 0 Å². The number of pyridine rings is 1. The van der Waals surface area contributed by atoms with Crippen molar-refractivity contribution in [3.63, 3.8) is 0 Å². The maximum Gasteiger partial charge on any atom is 0.435 e. The number of nitrogens with one attached hydrogen (secondary N) is 1. The Morgan fingerprint density at radius 2 is 1.82 bits per heavy atom. The number of ether oxygens (including phenoxy) is 1. The Bertz CT molecular complexity index is 1180. The summed E-state index contributed by atoms with van der Waals surface area (Å²) in [6.45, 7) is 1.33. The molecule has 0 saturated carbocycles. The van der Waals surface area contributed by atoms with Crippen LogP contribution in [0.4, 0.5) is 17.6 Å². The minimum absolute atomic E-state index is 0.0442. The Morgan fingerprint density at radius 3 is 2.44 bits per heavy atom. The van der Waals surface area contributed by atoms with Gasteiger partial charge in [0.2, 0.25) is 0 Å². The second kappa shape index (κ2) is 8.24. The van der Waals surface area contributed by atoms with Crippen LogP contribution in [0.25, 0.3) is 0 Å². The normalized spacial score (nSPS) is 22.2. The average molecular weight is 519 g/mol. The molecule has 0 radical (unpaired) electrons. The van der Waals surface area contributed by atoms with Crippen LogP contribution < -0.4 is 5.32 Å². The number of nitrogens with zero attached hydrogens (tertiary/aromatic N) is 3. The highest BCUT2D eigenvalue weighted by atomic mass is 35.5. The molecule has 7 nitrogen and oxygen atoms in total. The molecule has 1 N–H and O–H groups in total. The highest BCUT2D eigenvalue weighted by molar-refractivity contribution is 6.35. The molecule has 3 aliphatic rings. The molecule has 4 heterocycles. The maximum atomic E-state index is 14.2. The number of benzene rings is 1. The molecular weight excluding hydrogens is 503 g/mol. The molecule has 1 saturated heterocycles. The highest BCUT2D eigenvalue weighted by Crippen LogP contribution is 2.50. The van der Waals surface area contributed by atoms with Crippen molar-refractivity contribution in [1.82, 2.24) is 15.2 Å². The van der Waals surface area contributed by atoms with Gasteiger partial charge in [0.15, 0.2) is 5.82 Å². The van der Waals surface area contributed by atoms with E-state index in [2.05, 4.69) is 15.5 Å². The minimum Gasteiger partial charge on any atom is -0.377 e.